The maximum absolute atomic E-state index is 11.8. The first-order valence-corrected chi connectivity index (χ1v) is 6.87. The van der Waals surface area contributed by atoms with Crippen LogP contribution in [0, 0.1) is 5.92 Å². The first-order valence-electron chi connectivity index (χ1n) is 6.87. The fourth-order valence-electron chi connectivity index (χ4n) is 2.26. The lowest BCUT2D eigenvalue weighted by atomic mass is 9.85. The normalized spacial score (nSPS) is 22.3. The van der Waals surface area contributed by atoms with Crippen molar-refractivity contribution in [1.82, 2.24) is 15.8 Å². The van der Waals surface area contributed by atoms with Gasteiger partial charge >= 0.3 is 0 Å². The molecule has 2 heterocycles. The quantitative estimate of drug-likeness (QED) is 0.796. The zero-order chi connectivity index (χ0) is 13.9. The van der Waals surface area contributed by atoms with Crippen molar-refractivity contribution in [2.45, 2.75) is 31.6 Å². The number of rotatable bonds is 3. The highest BCUT2D eigenvalue weighted by Gasteiger charge is 2.26. The molecule has 0 radical (unpaired) electrons. The molecule has 2 amide bonds. The van der Waals surface area contributed by atoms with Gasteiger partial charge in [0.2, 0.25) is 5.91 Å². The van der Waals surface area contributed by atoms with Gasteiger partial charge < -0.3 is 9.15 Å². The summed E-state index contributed by atoms with van der Waals surface area (Å²) >= 11 is 0. The minimum atomic E-state index is -0.466. The summed E-state index contributed by atoms with van der Waals surface area (Å²) in [7, 11) is 0. The molecular formula is C13H17N3O4. The molecule has 1 saturated heterocycles. The Morgan fingerprint density at radius 1 is 1.25 bits per heavy atom. The molecule has 1 saturated carbocycles. The maximum atomic E-state index is 11.8. The van der Waals surface area contributed by atoms with Crippen LogP contribution in [-0.2, 0) is 9.53 Å². The first kappa shape index (κ1) is 13.1. The molecule has 20 heavy (non-hydrogen) atoms. The van der Waals surface area contributed by atoms with Crippen molar-refractivity contribution >= 4 is 11.8 Å². The Kier molecular flexibility index (Phi) is 3.68. The van der Waals surface area contributed by atoms with Gasteiger partial charge in [-0.2, -0.15) is 0 Å². The van der Waals surface area contributed by atoms with Crippen LogP contribution in [0.5, 0.6) is 0 Å². The number of carbonyl (C=O) groups is 2. The van der Waals surface area contributed by atoms with Crippen LogP contribution in [0.4, 0.5) is 0 Å². The van der Waals surface area contributed by atoms with Crippen molar-refractivity contribution in [2.75, 3.05) is 13.2 Å². The second kappa shape index (κ2) is 5.62. The molecule has 1 atom stereocenters. The summed E-state index contributed by atoms with van der Waals surface area (Å²) in [5.41, 5.74) is 4.93. The van der Waals surface area contributed by atoms with Gasteiger partial charge in [0.05, 0.1) is 12.5 Å². The number of amides is 2. The minimum absolute atomic E-state index is 0.190. The number of hydrazine groups is 1. The molecule has 1 unspecified atom stereocenters. The number of ether oxygens (including phenoxy) is 1. The van der Waals surface area contributed by atoms with Crippen molar-refractivity contribution in [3.05, 3.63) is 17.8 Å². The van der Waals surface area contributed by atoms with Crippen molar-refractivity contribution in [1.29, 1.82) is 0 Å². The molecule has 0 spiro atoms. The topological polar surface area (TPSA) is 93.5 Å². The molecule has 2 aliphatic rings. The van der Waals surface area contributed by atoms with E-state index < -0.39 is 5.91 Å². The molecule has 108 valence electrons. The smallest absolute Gasteiger partial charge is 0.291 e. The zero-order valence-electron chi connectivity index (χ0n) is 11.1. The van der Waals surface area contributed by atoms with Gasteiger partial charge in [0, 0.05) is 12.5 Å². The third-order valence-electron chi connectivity index (χ3n) is 3.81. The van der Waals surface area contributed by atoms with Crippen LogP contribution in [0.25, 0.3) is 0 Å². The summed E-state index contributed by atoms with van der Waals surface area (Å²) in [4.78, 5) is 27.7. The van der Waals surface area contributed by atoms with E-state index in [9.17, 15) is 9.59 Å². The summed E-state index contributed by atoms with van der Waals surface area (Å²) in [5, 5.41) is 0. The molecule has 3 rings (SSSR count). The highest BCUT2D eigenvalue weighted by molar-refractivity contribution is 5.93. The van der Waals surface area contributed by atoms with Crippen LogP contribution in [0.15, 0.2) is 10.7 Å². The monoisotopic (exact) mass is 279 g/mol. The van der Waals surface area contributed by atoms with Crippen molar-refractivity contribution in [2.24, 2.45) is 5.92 Å². The predicted molar refractivity (Wildman–Crippen MR) is 67.6 cm³/mol. The number of nitrogens with zero attached hydrogens (tertiary/aromatic N) is 1. The summed E-state index contributed by atoms with van der Waals surface area (Å²) in [6.07, 6.45) is 5.29. The molecule has 7 nitrogen and oxygen atoms in total. The third-order valence-corrected chi connectivity index (χ3v) is 3.81. The molecular weight excluding hydrogens is 262 g/mol. The second-order valence-electron chi connectivity index (χ2n) is 5.20. The number of nitrogens with one attached hydrogen (secondary N) is 2. The van der Waals surface area contributed by atoms with E-state index in [-0.39, 0.29) is 17.5 Å². The molecule has 1 aromatic heterocycles. The highest BCUT2D eigenvalue weighted by atomic mass is 16.5. The number of aromatic nitrogens is 1. The fourth-order valence-corrected chi connectivity index (χ4v) is 2.26. The summed E-state index contributed by atoms with van der Waals surface area (Å²) in [5.74, 6) is 0.0435. The molecule has 0 aromatic carbocycles. The van der Waals surface area contributed by atoms with Gasteiger partial charge in [-0.05, 0) is 19.3 Å². The van der Waals surface area contributed by atoms with Gasteiger partial charge in [-0.1, -0.05) is 6.42 Å². The number of hydrogen-bond donors (Lipinski definition) is 2. The van der Waals surface area contributed by atoms with E-state index in [0.29, 0.717) is 31.4 Å². The van der Waals surface area contributed by atoms with Crippen molar-refractivity contribution in [3.8, 4) is 0 Å². The molecule has 7 heteroatoms. The number of oxazole rings is 1. The third kappa shape index (κ3) is 2.67. The zero-order valence-corrected chi connectivity index (χ0v) is 11.1. The second-order valence-corrected chi connectivity index (χ2v) is 5.20. The van der Waals surface area contributed by atoms with Gasteiger partial charge in [-0.3, -0.25) is 20.4 Å². The lowest BCUT2D eigenvalue weighted by molar-refractivity contribution is -0.125. The maximum Gasteiger partial charge on any atom is 0.291 e. The van der Waals surface area contributed by atoms with Gasteiger partial charge in [0.1, 0.15) is 6.26 Å². The fraction of sp³-hybridized carbons (Fsp3) is 0.615. The van der Waals surface area contributed by atoms with Crippen LogP contribution < -0.4 is 10.9 Å². The minimum Gasteiger partial charge on any atom is -0.448 e. The van der Waals surface area contributed by atoms with Gasteiger partial charge in [-0.15, -0.1) is 0 Å². The summed E-state index contributed by atoms with van der Waals surface area (Å²) in [6, 6.07) is 0. The van der Waals surface area contributed by atoms with Gasteiger partial charge in [0.25, 0.3) is 5.91 Å². The molecule has 0 bridgehead atoms. The van der Waals surface area contributed by atoms with Crippen LogP contribution in [0.1, 0.15) is 48.0 Å². The molecule has 1 aromatic rings. The predicted octanol–water partition coefficient (Wildman–Crippen LogP) is 0.740. The molecule has 2 fully saturated rings. The van der Waals surface area contributed by atoms with Crippen molar-refractivity contribution < 1.29 is 18.7 Å². The lowest BCUT2D eigenvalue weighted by Gasteiger charge is -2.21. The summed E-state index contributed by atoms with van der Waals surface area (Å²) in [6.45, 7) is 0.984. The number of carbonyl (C=O) groups excluding carboxylic acids is 2. The van der Waals surface area contributed by atoms with Crippen LogP contribution in [0.3, 0.4) is 0 Å². The Balaban J connectivity index is 1.50. The van der Waals surface area contributed by atoms with E-state index in [1.807, 2.05) is 0 Å². The number of hydrogen-bond acceptors (Lipinski definition) is 5. The summed E-state index contributed by atoms with van der Waals surface area (Å²) < 4.78 is 10.4. The molecule has 1 aliphatic carbocycles. The van der Waals surface area contributed by atoms with E-state index in [2.05, 4.69) is 15.8 Å². The Morgan fingerprint density at radius 2 is 2.10 bits per heavy atom. The van der Waals surface area contributed by atoms with E-state index in [4.69, 9.17) is 9.15 Å². The Hall–Kier alpha value is -1.89. The lowest BCUT2D eigenvalue weighted by Crippen LogP contribution is -2.44. The molecule has 2 N–H and O–H groups in total. The first-order chi connectivity index (χ1) is 9.74. The van der Waals surface area contributed by atoms with Crippen LogP contribution >= 0.6 is 0 Å². The highest BCUT2D eigenvalue weighted by Crippen LogP contribution is 2.35. The van der Waals surface area contributed by atoms with Crippen molar-refractivity contribution in [3.63, 3.8) is 0 Å². The van der Waals surface area contributed by atoms with Crippen LogP contribution in [0.2, 0.25) is 0 Å². The standard InChI is InChI=1S/C13H17N3O4/c17-11(9-4-5-19-6-9)15-16-12(18)10-7-20-13(14-10)8-2-1-3-8/h7-9H,1-6H2,(H,15,17)(H,16,18). The Labute approximate surface area is 116 Å². The van der Waals surface area contributed by atoms with Gasteiger partial charge in [0.15, 0.2) is 11.6 Å². The van der Waals surface area contributed by atoms with Gasteiger partial charge in [-0.25, -0.2) is 4.98 Å². The Morgan fingerprint density at radius 3 is 2.75 bits per heavy atom. The SMILES string of the molecule is O=C(NNC(=O)C1CCOC1)c1coc(C2CCC2)n1. The van der Waals surface area contributed by atoms with E-state index in [1.165, 1.54) is 12.7 Å². The molecule has 1 aliphatic heterocycles. The Bertz CT molecular complexity index is 503. The van der Waals surface area contributed by atoms with Crippen LogP contribution in [-0.4, -0.2) is 30.0 Å². The van der Waals surface area contributed by atoms with E-state index >= 15 is 0 Å². The largest absolute Gasteiger partial charge is 0.448 e. The van der Waals surface area contributed by atoms with E-state index in [0.717, 1.165) is 12.8 Å². The average molecular weight is 279 g/mol. The average Bonchev–Trinajstić information content (AvgIpc) is 3.04. The van der Waals surface area contributed by atoms with E-state index in [1.54, 1.807) is 0 Å².